The first-order valence-corrected chi connectivity index (χ1v) is 12.6. The van der Waals surface area contributed by atoms with Crippen molar-refractivity contribution in [1.82, 2.24) is 10.2 Å². The number of ether oxygens (including phenoxy) is 1. The van der Waals surface area contributed by atoms with Crippen LogP contribution in [0.3, 0.4) is 0 Å². The van der Waals surface area contributed by atoms with E-state index in [0.717, 1.165) is 5.56 Å². The van der Waals surface area contributed by atoms with E-state index in [1.807, 2.05) is 13.8 Å². The van der Waals surface area contributed by atoms with Crippen LogP contribution in [0.4, 0.5) is 9.18 Å². The highest BCUT2D eigenvalue weighted by atomic mass is 32.2. The van der Waals surface area contributed by atoms with E-state index in [2.05, 4.69) is 5.32 Å². The lowest BCUT2D eigenvalue weighted by Crippen LogP contribution is -2.33. The molecule has 1 saturated heterocycles. The van der Waals surface area contributed by atoms with Gasteiger partial charge in [0.1, 0.15) is 6.04 Å². The SMILES string of the molecule is CC(C)COc1cc([C@@H](C)CS(=O)(=O)CCCCCN2C(=O)NC(=O)[C@H]2C)ccc1F. The number of rotatable bonds is 12. The number of hydrogen-bond donors (Lipinski definition) is 1. The summed E-state index contributed by atoms with van der Waals surface area (Å²) in [5.74, 6) is -0.619. The number of unbranched alkanes of at least 4 members (excludes halogenated alkanes) is 2. The Morgan fingerprint density at radius 3 is 2.48 bits per heavy atom. The summed E-state index contributed by atoms with van der Waals surface area (Å²) in [6.07, 6.45) is 1.76. The highest BCUT2D eigenvalue weighted by molar-refractivity contribution is 7.91. The van der Waals surface area contributed by atoms with Gasteiger partial charge < -0.3 is 9.64 Å². The van der Waals surface area contributed by atoms with Gasteiger partial charge in [-0.2, -0.15) is 0 Å². The molecule has 1 N–H and O–H groups in total. The van der Waals surface area contributed by atoms with Gasteiger partial charge in [-0.3, -0.25) is 10.1 Å². The number of nitrogens with one attached hydrogen (secondary N) is 1. The lowest BCUT2D eigenvalue weighted by Gasteiger charge is -2.18. The summed E-state index contributed by atoms with van der Waals surface area (Å²) in [6, 6.07) is 3.62. The maximum Gasteiger partial charge on any atom is 0.324 e. The molecule has 9 heteroatoms. The lowest BCUT2D eigenvalue weighted by atomic mass is 10.0. The van der Waals surface area contributed by atoms with Gasteiger partial charge in [0.25, 0.3) is 5.91 Å². The molecule has 0 spiro atoms. The number of imide groups is 1. The fourth-order valence-electron chi connectivity index (χ4n) is 3.43. The zero-order chi connectivity index (χ0) is 23.2. The van der Waals surface area contributed by atoms with Gasteiger partial charge in [0.05, 0.1) is 18.1 Å². The lowest BCUT2D eigenvalue weighted by molar-refractivity contribution is -0.121. The summed E-state index contributed by atoms with van der Waals surface area (Å²) in [5.41, 5.74) is 0.724. The largest absolute Gasteiger partial charge is 0.490 e. The highest BCUT2D eigenvalue weighted by Gasteiger charge is 2.34. The first-order chi connectivity index (χ1) is 14.5. The maximum absolute atomic E-state index is 14.0. The van der Waals surface area contributed by atoms with Crippen molar-refractivity contribution < 1.29 is 27.1 Å². The fraction of sp³-hybridized carbons (Fsp3) is 0.636. The van der Waals surface area contributed by atoms with Gasteiger partial charge in [-0.25, -0.2) is 17.6 Å². The van der Waals surface area contributed by atoms with Crippen LogP contribution in [0.25, 0.3) is 0 Å². The molecule has 1 aliphatic heterocycles. The molecule has 31 heavy (non-hydrogen) atoms. The monoisotopic (exact) mass is 456 g/mol. The minimum Gasteiger partial charge on any atom is -0.490 e. The van der Waals surface area contributed by atoms with Crippen molar-refractivity contribution in [2.45, 2.75) is 58.9 Å². The zero-order valence-electron chi connectivity index (χ0n) is 18.7. The molecule has 1 heterocycles. The number of carbonyl (C=O) groups is 2. The molecule has 0 aromatic heterocycles. The van der Waals surface area contributed by atoms with Gasteiger partial charge >= 0.3 is 6.03 Å². The van der Waals surface area contributed by atoms with Crippen molar-refractivity contribution in [2.75, 3.05) is 24.7 Å². The van der Waals surface area contributed by atoms with Crippen LogP contribution >= 0.6 is 0 Å². The van der Waals surface area contributed by atoms with Crippen LogP contribution < -0.4 is 10.1 Å². The van der Waals surface area contributed by atoms with Gasteiger partial charge in [-0.1, -0.05) is 33.3 Å². The summed E-state index contributed by atoms with van der Waals surface area (Å²) < 4.78 is 44.5. The minimum atomic E-state index is -3.29. The molecule has 0 saturated carbocycles. The molecule has 0 aliphatic carbocycles. The first kappa shape index (κ1) is 25.1. The van der Waals surface area contributed by atoms with Crippen molar-refractivity contribution in [3.8, 4) is 5.75 Å². The first-order valence-electron chi connectivity index (χ1n) is 10.7. The van der Waals surface area contributed by atoms with E-state index in [-0.39, 0.29) is 35.0 Å². The van der Waals surface area contributed by atoms with Crippen LogP contribution in [-0.4, -0.2) is 56.0 Å². The highest BCUT2D eigenvalue weighted by Crippen LogP contribution is 2.26. The molecule has 0 bridgehead atoms. The number of sulfone groups is 1. The average Bonchev–Trinajstić information content (AvgIpc) is 2.92. The Hall–Kier alpha value is -2.16. The second-order valence-corrected chi connectivity index (χ2v) is 10.9. The van der Waals surface area contributed by atoms with Gasteiger partial charge in [0.2, 0.25) is 0 Å². The minimum absolute atomic E-state index is 0.0255. The summed E-state index contributed by atoms with van der Waals surface area (Å²) in [4.78, 5) is 24.6. The van der Waals surface area contributed by atoms with Crippen LogP contribution in [0.15, 0.2) is 18.2 Å². The number of amides is 3. The third kappa shape index (κ3) is 7.48. The molecule has 1 aromatic rings. The van der Waals surface area contributed by atoms with E-state index < -0.39 is 27.7 Å². The molecular weight excluding hydrogens is 423 g/mol. The molecule has 2 rings (SSSR count). The van der Waals surface area contributed by atoms with Gasteiger partial charge in [0.15, 0.2) is 21.4 Å². The average molecular weight is 457 g/mol. The topological polar surface area (TPSA) is 92.8 Å². The molecule has 1 aromatic carbocycles. The number of carbonyl (C=O) groups excluding carboxylic acids is 2. The summed E-state index contributed by atoms with van der Waals surface area (Å²) in [6.45, 7) is 8.22. The standard InChI is InChI=1S/C22H33FN2O5S/c1-15(2)13-30-20-12-18(8-9-19(20)23)16(3)14-31(28,29)11-7-5-6-10-25-17(4)21(26)24-22(25)27/h8-9,12,15-17H,5-7,10-11,13-14H2,1-4H3,(H,24,26,27)/t16-,17+/m0/s1. The van der Waals surface area contributed by atoms with E-state index >= 15 is 0 Å². The summed E-state index contributed by atoms with van der Waals surface area (Å²) >= 11 is 0. The molecule has 1 fully saturated rings. The fourth-order valence-corrected chi connectivity index (χ4v) is 5.19. The normalized spacial score (nSPS) is 17.9. The summed E-state index contributed by atoms with van der Waals surface area (Å²) in [7, 11) is -3.29. The summed E-state index contributed by atoms with van der Waals surface area (Å²) in [5, 5.41) is 2.26. The zero-order valence-corrected chi connectivity index (χ0v) is 19.5. The predicted octanol–water partition coefficient (Wildman–Crippen LogP) is 3.49. The Balaban J connectivity index is 1.80. The Bertz CT molecular complexity index is 888. The number of benzene rings is 1. The Labute approximate surface area is 184 Å². The number of halogens is 1. The molecule has 174 valence electrons. The number of nitrogens with zero attached hydrogens (tertiary/aromatic N) is 1. The Morgan fingerprint density at radius 2 is 1.87 bits per heavy atom. The second-order valence-electron chi connectivity index (χ2n) is 8.63. The molecule has 0 radical (unpaired) electrons. The maximum atomic E-state index is 14.0. The van der Waals surface area contributed by atoms with E-state index in [9.17, 15) is 22.4 Å². The van der Waals surface area contributed by atoms with E-state index in [0.29, 0.717) is 32.4 Å². The van der Waals surface area contributed by atoms with Crippen LogP contribution in [0.1, 0.15) is 58.4 Å². The van der Waals surface area contributed by atoms with E-state index in [1.165, 1.54) is 11.0 Å². The Morgan fingerprint density at radius 1 is 1.16 bits per heavy atom. The van der Waals surface area contributed by atoms with Crippen LogP contribution in [0, 0.1) is 11.7 Å². The predicted molar refractivity (Wildman–Crippen MR) is 117 cm³/mol. The van der Waals surface area contributed by atoms with Crippen molar-refractivity contribution in [2.24, 2.45) is 5.92 Å². The molecule has 1 aliphatic rings. The Kier molecular flexibility index (Phi) is 8.85. The number of urea groups is 1. The smallest absolute Gasteiger partial charge is 0.324 e. The van der Waals surface area contributed by atoms with Gasteiger partial charge in [-0.15, -0.1) is 0 Å². The van der Waals surface area contributed by atoms with Crippen molar-refractivity contribution in [1.29, 1.82) is 0 Å². The van der Waals surface area contributed by atoms with Crippen molar-refractivity contribution in [3.63, 3.8) is 0 Å². The third-order valence-electron chi connectivity index (χ3n) is 5.29. The van der Waals surface area contributed by atoms with Crippen molar-refractivity contribution >= 4 is 21.8 Å². The molecule has 7 nitrogen and oxygen atoms in total. The quantitative estimate of drug-likeness (QED) is 0.384. The van der Waals surface area contributed by atoms with E-state index in [1.54, 1.807) is 26.0 Å². The van der Waals surface area contributed by atoms with E-state index in [4.69, 9.17) is 4.74 Å². The molecule has 3 amide bonds. The molecular formula is C22H33FN2O5S. The third-order valence-corrected chi connectivity index (χ3v) is 7.21. The van der Waals surface area contributed by atoms with Crippen molar-refractivity contribution in [3.05, 3.63) is 29.6 Å². The second kappa shape index (κ2) is 10.9. The van der Waals surface area contributed by atoms with Gasteiger partial charge in [0, 0.05) is 6.54 Å². The molecule has 0 unspecified atom stereocenters. The molecule has 2 atom stereocenters. The van der Waals surface area contributed by atoms with Crippen LogP contribution in [0.2, 0.25) is 0 Å². The van der Waals surface area contributed by atoms with Gasteiger partial charge in [-0.05, 0) is 49.3 Å². The number of hydrogen-bond acceptors (Lipinski definition) is 5. The van der Waals surface area contributed by atoms with Crippen LogP contribution in [-0.2, 0) is 14.6 Å². The van der Waals surface area contributed by atoms with Crippen LogP contribution in [0.5, 0.6) is 5.75 Å².